The highest BCUT2D eigenvalue weighted by Crippen LogP contribution is 2.33. The lowest BCUT2D eigenvalue weighted by Crippen LogP contribution is -2.41. The summed E-state index contributed by atoms with van der Waals surface area (Å²) in [5.74, 6) is -0.390. The zero-order valence-corrected chi connectivity index (χ0v) is 11.7. The number of piperidine rings is 1. The van der Waals surface area contributed by atoms with Crippen molar-refractivity contribution in [1.29, 1.82) is 0 Å². The van der Waals surface area contributed by atoms with Crippen molar-refractivity contribution >= 4 is 6.09 Å². The number of aliphatic hydroxyl groups is 1. The number of benzene rings is 1. The minimum Gasteiger partial charge on any atom is -0.465 e. The number of rotatable bonds is 5. The third kappa shape index (κ3) is 4.15. The predicted molar refractivity (Wildman–Crippen MR) is 74.5 cm³/mol. The molecule has 6 heteroatoms. The number of halogens is 1. The molecule has 1 saturated heterocycles. The van der Waals surface area contributed by atoms with Crippen LogP contribution in [-0.4, -0.2) is 47.5 Å². The van der Waals surface area contributed by atoms with Crippen LogP contribution in [-0.2, 0) is 4.74 Å². The third-order valence-electron chi connectivity index (χ3n) is 3.72. The number of carbonyl (C=O) groups is 1. The first kappa shape index (κ1) is 15.7. The third-order valence-corrected chi connectivity index (χ3v) is 3.72. The first-order chi connectivity index (χ1) is 10.1. The summed E-state index contributed by atoms with van der Waals surface area (Å²) >= 11 is 0. The molecule has 0 aromatic heterocycles. The summed E-state index contributed by atoms with van der Waals surface area (Å²) in [5, 5.41) is 18.1. The van der Waals surface area contributed by atoms with E-state index >= 15 is 0 Å². The SMILES string of the molecule is O=C(O)N1CCCC([C@@H](OCCO)c2cccc(F)c2)C1. The highest BCUT2D eigenvalue weighted by molar-refractivity contribution is 5.65. The molecule has 5 nitrogen and oxygen atoms in total. The molecule has 0 saturated carbocycles. The van der Waals surface area contributed by atoms with Gasteiger partial charge in [0.15, 0.2) is 0 Å². The lowest BCUT2D eigenvalue weighted by Gasteiger charge is -2.35. The molecule has 1 amide bonds. The van der Waals surface area contributed by atoms with E-state index in [-0.39, 0.29) is 24.9 Å². The van der Waals surface area contributed by atoms with Crippen LogP contribution < -0.4 is 0 Å². The summed E-state index contributed by atoms with van der Waals surface area (Å²) in [7, 11) is 0. The number of ether oxygens (including phenoxy) is 1. The number of nitrogens with zero attached hydrogens (tertiary/aromatic N) is 1. The Bertz CT molecular complexity index is 482. The Morgan fingerprint density at radius 2 is 2.33 bits per heavy atom. The zero-order valence-electron chi connectivity index (χ0n) is 11.7. The molecule has 116 valence electrons. The van der Waals surface area contributed by atoms with Crippen molar-refractivity contribution in [2.45, 2.75) is 18.9 Å². The highest BCUT2D eigenvalue weighted by Gasteiger charge is 2.31. The number of hydrogen-bond donors (Lipinski definition) is 2. The summed E-state index contributed by atoms with van der Waals surface area (Å²) < 4.78 is 19.1. The molecule has 21 heavy (non-hydrogen) atoms. The maximum absolute atomic E-state index is 13.4. The smallest absolute Gasteiger partial charge is 0.407 e. The first-order valence-electron chi connectivity index (χ1n) is 7.07. The van der Waals surface area contributed by atoms with Gasteiger partial charge in [0.2, 0.25) is 0 Å². The van der Waals surface area contributed by atoms with Gasteiger partial charge in [-0.15, -0.1) is 0 Å². The molecule has 1 aliphatic heterocycles. The molecule has 0 spiro atoms. The Morgan fingerprint density at radius 3 is 3.00 bits per heavy atom. The van der Waals surface area contributed by atoms with E-state index in [4.69, 9.17) is 14.9 Å². The fraction of sp³-hybridized carbons (Fsp3) is 0.533. The number of carboxylic acid groups (broad SMARTS) is 1. The van der Waals surface area contributed by atoms with Gasteiger partial charge in [0.25, 0.3) is 0 Å². The van der Waals surface area contributed by atoms with Crippen molar-refractivity contribution < 1.29 is 24.1 Å². The van der Waals surface area contributed by atoms with Crippen LogP contribution in [0.2, 0.25) is 0 Å². The monoisotopic (exact) mass is 297 g/mol. The Kier molecular flexibility index (Phi) is 5.52. The molecule has 1 fully saturated rings. The van der Waals surface area contributed by atoms with E-state index in [0.29, 0.717) is 18.7 Å². The van der Waals surface area contributed by atoms with Gasteiger partial charge < -0.3 is 19.8 Å². The van der Waals surface area contributed by atoms with Crippen LogP contribution in [0.1, 0.15) is 24.5 Å². The molecule has 1 unspecified atom stereocenters. The first-order valence-corrected chi connectivity index (χ1v) is 7.07. The van der Waals surface area contributed by atoms with Crippen LogP contribution >= 0.6 is 0 Å². The van der Waals surface area contributed by atoms with E-state index in [0.717, 1.165) is 12.8 Å². The van der Waals surface area contributed by atoms with E-state index in [1.807, 2.05) is 0 Å². The summed E-state index contributed by atoms with van der Waals surface area (Å²) in [5.41, 5.74) is 0.681. The lowest BCUT2D eigenvalue weighted by molar-refractivity contribution is -0.0263. The van der Waals surface area contributed by atoms with Crippen molar-refractivity contribution in [1.82, 2.24) is 4.90 Å². The Labute approximate surface area is 122 Å². The number of hydrogen-bond acceptors (Lipinski definition) is 3. The molecule has 2 N–H and O–H groups in total. The number of aliphatic hydroxyl groups excluding tert-OH is 1. The fourth-order valence-corrected chi connectivity index (χ4v) is 2.80. The molecule has 0 bridgehead atoms. The molecule has 1 aromatic carbocycles. The topological polar surface area (TPSA) is 70.0 Å². The quantitative estimate of drug-likeness (QED) is 0.874. The van der Waals surface area contributed by atoms with E-state index in [1.54, 1.807) is 12.1 Å². The fourth-order valence-electron chi connectivity index (χ4n) is 2.80. The summed E-state index contributed by atoms with van der Waals surface area (Å²) in [6.07, 6.45) is 0.219. The largest absolute Gasteiger partial charge is 0.465 e. The van der Waals surface area contributed by atoms with Crippen molar-refractivity contribution in [3.05, 3.63) is 35.6 Å². The summed E-state index contributed by atoms with van der Waals surface area (Å²) in [6, 6.07) is 6.14. The Morgan fingerprint density at radius 1 is 1.52 bits per heavy atom. The van der Waals surface area contributed by atoms with Crippen LogP contribution in [0.5, 0.6) is 0 Å². The van der Waals surface area contributed by atoms with Gasteiger partial charge in [-0.25, -0.2) is 9.18 Å². The second-order valence-corrected chi connectivity index (χ2v) is 5.20. The van der Waals surface area contributed by atoms with Gasteiger partial charge in [-0.05, 0) is 30.5 Å². The number of amides is 1. The summed E-state index contributed by atoms with van der Waals surface area (Å²) in [4.78, 5) is 12.5. The lowest BCUT2D eigenvalue weighted by atomic mass is 9.88. The number of likely N-dealkylation sites (tertiary alicyclic amines) is 1. The molecule has 2 atom stereocenters. The Hall–Kier alpha value is -1.66. The van der Waals surface area contributed by atoms with Crippen LogP contribution in [0.3, 0.4) is 0 Å². The highest BCUT2D eigenvalue weighted by atomic mass is 19.1. The van der Waals surface area contributed by atoms with Gasteiger partial charge in [-0.2, -0.15) is 0 Å². The molecule has 0 aliphatic carbocycles. The van der Waals surface area contributed by atoms with Crippen LogP contribution in [0, 0.1) is 11.7 Å². The van der Waals surface area contributed by atoms with E-state index in [1.165, 1.54) is 17.0 Å². The second kappa shape index (κ2) is 7.38. The standard InChI is InChI=1S/C15H20FNO4/c16-13-5-1-3-11(9-13)14(21-8-7-18)12-4-2-6-17(10-12)15(19)20/h1,3,5,9,12,14,18H,2,4,6-8,10H2,(H,19,20)/t12?,14-/m0/s1. The van der Waals surface area contributed by atoms with E-state index < -0.39 is 12.2 Å². The molecule has 1 heterocycles. The van der Waals surface area contributed by atoms with Crippen molar-refractivity contribution in [3.8, 4) is 0 Å². The van der Waals surface area contributed by atoms with Crippen LogP contribution in [0.15, 0.2) is 24.3 Å². The Balaban J connectivity index is 2.17. The van der Waals surface area contributed by atoms with Gasteiger partial charge in [0.1, 0.15) is 5.82 Å². The molecular formula is C15H20FNO4. The minimum atomic E-state index is -0.945. The molecular weight excluding hydrogens is 277 g/mol. The van der Waals surface area contributed by atoms with Gasteiger partial charge in [-0.3, -0.25) is 0 Å². The molecule has 1 aromatic rings. The van der Waals surface area contributed by atoms with Crippen LogP contribution in [0.25, 0.3) is 0 Å². The predicted octanol–water partition coefficient (Wildman–Crippen LogP) is 2.27. The second-order valence-electron chi connectivity index (χ2n) is 5.20. The van der Waals surface area contributed by atoms with Crippen molar-refractivity contribution in [3.63, 3.8) is 0 Å². The van der Waals surface area contributed by atoms with Gasteiger partial charge >= 0.3 is 6.09 Å². The maximum Gasteiger partial charge on any atom is 0.407 e. The maximum atomic E-state index is 13.4. The minimum absolute atomic E-state index is 0.0387. The normalized spacial score (nSPS) is 20.3. The molecule has 0 radical (unpaired) electrons. The van der Waals surface area contributed by atoms with E-state index in [9.17, 15) is 9.18 Å². The molecule has 1 aliphatic rings. The van der Waals surface area contributed by atoms with Crippen molar-refractivity contribution in [2.75, 3.05) is 26.3 Å². The summed E-state index contributed by atoms with van der Waals surface area (Å²) in [6.45, 7) is 0.898. The van der Waals surface area contributed by atoms with Gasteiger partial charge in [0, 0.05) is 19.0 Å². The average molecular weight is 297 g/mol. The van der Waals surface area contributed by atoms with E-state index in [2.05, 4.69) is 0 Å². The van der Waals surface area contributed by atoms with Gasteiger partial charge in [0.05, 0.1) is 19.3 Å². The van der Waals surface area contributed by atoms with Crippen molar-refractivity contribution in [2.24, 2.45) is 5.92 Å². The van der Waals surface area contributed by atoms with Crippen LogP contribution in [0.4, 0.5) is 9.18 Å². The molecule has 2 rings (SSSR count). The average Bonchev–Trinajstić information content (AvgIpc) is 2.48. The zero-order chi connectivity index (χ0) is 15.2. The van der Waals surface area contributed by atoms with Gasteiger partial charge in [-0.1, -0.05) is 12.1 Å².